The highest BCUT2D eigenvalue weighted by atomic mass is 32.2. The van der Waals surface area contributed by atoms with Crippen molar-refractivity contribution < 1.29 is 18.3 Å². The van der Waals surface area contributed by atoms with Gasteiger partial charge in [-0.1, -0.05) is 0 Å². The molecule has 1 saturated carbocycles. The summed E-state index contributed by atoms with van der Waals surface area (Å²) in [5, 5.41) is 12.8. The Morgan fingerprint density at radius 3 is 2.62 bits per heavy atom. The first-order valence-electron chi connectivity index (χ1n) is 7.62. The first-order chi connectivity index (χ1) is 9.65. The van der Waals surface area contributed by atoms with Crippen LogP contribution in [0, 0.1) is 0 Å². The number of carbonyl (C=O) groups is 1. The van der Waals surface area contributed by atoms with Gasteiger partial charge < -0.3 is 5.11 Å². The number of sulfone groups is 1. The van der Waals surface area contributed by atoms with Gasteiger partial charge in [0.1, 0.15) is 5.54 Å². The maximum atomic E-state index is 11.7. The highest BCUT2D eigenvalue weighted by Gasteiger charge is 2.48. The predicted octanol–water partition coefficient (Wildman–Crippen LogP) is 0.479. The molecule has 0 aromatic heterocycles. The molecule has 0 bridgehead atoms. The van der Waals surface area contributed by atoms with Gasteiger partial charge in [0, 0.05) is 24.7 Å². The quantitative estimate of drug-likeness (QED) is 0.784. The van der Waals surface area contributed by atoms with Crippen molar-refractivity contribution in [2.24, 2.45) is 0 Å². The lowest BCUT2D eigenvalue weighted by Gasteiger charge is -2.38. The van der Waals surface area contributed by atoms with Gasteiger partial charge in [0.25, 0.3) is 0 Å². The first kappa shape index (κ1) is 16.7. The van der Waals surface area contributed by atoms with E-state index in [2.05, 4.69) is 10.2 Å². The molecule has 3 unspecified atom stereocenters. The summed E-state index contributed by atoms with van der Waals surface area (Å²) in [7, 11) is -2.93. The molecule has 3 atom stereocenters. The number of carboxylic acid groups (broad SMARTS) is 1. The van der Waals surface area contributed by atoms with Gasteiger partial charge in [-0.3, -0.25) is 15.0 Å². The summed E-state index contributed by atoms with van der Waals surface area (Å²) in [6.07, 6.45) is 1.95. The van der Waals surface area contributed by atoms with Crippen LogP contribution >= 0.6 is 0 Å². The van der Waals surface area contributed by atoms with Crippen molar-refractivity contribution in [1.29, 1.82) is 0 Å². The highest BCUT2D eigenvalue weighted by molar-refractivity contribution is 7.91. The van der Waals surface area contributed by atoms with E-state index in [4.69, 9.17) is 0 Å². The van der Waals surface area contributed by atoms with E-state index in [1.165, 1.54) is 0 Å². The van der Waals surface area contributed by atoms with E-state index < -0.39 is 21.3 Å². The molecular formula is C14H26N2O4S. The summed E-state index contributed by atoms with van der Waals surface area (Å²) < 4.78 is 23.3. The van der Waals surface area contributed by atoms with Crippen LogP contribution in [0.4, 0.5) is 0 Å². The molecule has 0 aromatic rings. The van der Waals surface area contributed by atoms with Crippen molar-refractivity contribution in [3.8, 4) is 0 Å². The van der Waals surface area contributed by atoms with Gasteiger partial charge in [0.2, 0.25) is 0 Å². The Balaban J connectivity index is 2.09. The highest BCUT2D eigenvalue weighted by Crippen LogP contribution is 2.35. The summed E-state index contributed by atoms with van der Waals surface area (Å²) in [5.41, 5.74) is -0.866. The van der Waals surface area contributed by atoms with Crippen LogP contribution < -0.4 is 5.32 Å². The maximum Gasteiger partial charge on any atom is 0.323 e. The van der Waals surface area contributed by atoms with Crippen molar-refractivity contribution >= 4 is 15.8 Å². The Bertz CT molecular complexity index is 505. The SMILES string of the molecule is CC(C)NC1(C(=O)O)CCC(N2CCS(=O)(=O)CC2C)C1. The summed E-state index contributed by atoms with van der Waals surface area (Å²) in [6, 6.07) is 0.231. The Labute approximate surface area is 126 Å². The number of hydrogen-bond donors (Lipinski definition) is 2. The lowest BCUT2D eigenvalue weighted by Crippen LogP contribution is -2.55. The second kappa shape index (κ2) is 5.85. The van der Waals surface area contributed by atoms with Crippen LogP contribution in [0.25, 0.3) is 0 Å². The molecule has 1 aliphatic heterocycles. The molecule has 1 saturated heterocycles. The van der Waals surface area contributed by atoms with Gasteiger partial charge in [-0.25, -0.2) is 8.42 Å². The third kappa shape index (κ3) is 3.57. The Kier molecular flexibility index (Phi) is 4.66. The average Bonchev–Trinajstić information content (AvgIpc) is 2.72. The minimum absolute atomic E-state index is 0.0302. The molecular weight excluding hydrogens is 292 g/mol. The molecule has 0 amide bonds. The smallest absolute Gasteiger partial charge is 0.323 e. The van der Waals surface area contributed by atoms with Crippen molar-refractivity contribution in [3.05, 3.63) is 0 Å². The standard InChI is InChI=1S/C14H26N2O4S/c1-10(2)15-14(13(17)18)5-4-12(8-14)16-6-7-21(19,20)9-11(16)3/h10-12,15H,4-9H2,1-3H3,(H,17,18). The lowest BCUT2D eigenvalue weighted by molar-refractivity contribution is -0.145. The topological polar surface area (TPSA) is 86.7 Å². The number of nitrogens with one attached hydrogen (secondary N) is 1. The summed E-state index contributed by atoms with van der Waals surface area (Å²) in [6.45, 7) is 6.35. The first-order valence-corrected chi connectivity index (χ1v) is 9.44. The minimum atomic E-state index is -2.93. The predicted molar refractivity (Wildman–Crippen MR) is 81.1 cm³/mol. The van der Waals surface area contributed by atoms with E-state index in [-0.39, 0.29) is 29.6 Å². The van der Waals surface area contributed by atoms with E-state index in [1.807, 2.05) is 20.8 Å². The molecule has 2 fully saturated rings. The minimum Gasteiger partial charge on any atom is -0.480 e. The molecule has 21 heavy (non-hydrogen) atoms. The van der Waals surface area contributed by atoms with Crippen LogP contribution in [0.2, 0.25) is 0 Å². The number of nitrogens with zero attached hydrogens (tertiary/aromatic N) is 1. The second-order valence-corrected chi connectivity index (χ2v) is 9.01. The fourth-order valence-corrected chi connectivity index (χ4v) is 5.38. The van der Waals surface area contributed by atoms with Gasteiger partial charge in [-0.05, 0) is 40.0 Å². The van der Waals surface area contributed by atoms with Gasteiger partial charge in [-0.15, -0.1) is 0 Å². The molecule has 1 aliphatic carbocycles. The molecule has 2 aliphatic rings. The fourth-order valence-electron chi connectivity index (χ4n) is 3.80. The Hall–Kier alpha value is -0.660. The third-order valence-electron chi connectivity index (χ3n) is 4.65. The molecule has 6 nitrogen and oxygen atoms in total. The van der Waals surface area contributed by atoms with Crippen LogP contribution in [-0.2, 0) is 14.6 Å². The fraction of sp³-hybridized carbons (Fsp3) is 0.929. The van der Waals surface area contributed by atoms with Gasteiger partial charge in [0.15, 0.2) is 9.84 Å². The van der Waals surface area contributed by atoms with Gasteiger partial charge in [-0.2, -0.15) is 0 Å². The number of carboxylic acids is 1. The lowest BCUT2D eigenvalue weighted by atomic mass is 9.96. The second-order valence-electron chi connectivity index (χ2n) is 6.78. The van der Waals surface area contributed by atoms with Crippen LogP contribution in [-0.4, -0.2) is 66.1 Å². The normalized spacial score (nSPS) is 37.0. The van der Waals surface area contributed by atoms with E-state index in [1.54, 1.807) is 0 Å². The van der Waals surface area contributed by atoms with Crippen molar-refractivity contribution in [3.63, 3.8) is 0 Å². The van der Waals surface area contributed by atoms with Crippen LogP contribution in [0.15, 0.2) is 0 Å². The molecule has 0 radical (unpaired) electrons. The van der Waals surface area contributed by atoms with E-state index in [9.17, 15) is 18.3 Å². The molecule has 2 N–H and O–H groups in total. The zero-order valence-corrected chi connectivity index (χ0v) is 13.8. The van der Waals surface area contributed by atoms with Crippen LogP contribution in [0.5, 0.6) is 0 Å². The molecule has 0 spiro atoms. The Morgan fingerprint density at radius 1 is 1.43 bits per heavy atom. The number of hydrogen-bond acceptors (Lipinski definition) is 5. The molecule has 0 aromatic carbocycles. The van der Waals surface area contributed by atoms with Gasteiger partial charge in [0.05, 0.1) is 11.5 Å². The van der Waals surface area contributed by atoms with Crippen LogP contribution in [0.1, 0.15) is 40.0 Å². The van der Waals surface area contributed by atoms with Gasteiger partial charge >= 0.3 is 5.97 Å². The molecule has 122 valence electrons. The Morgan fingerprint density at radius 2 is 2.10 bits per heavy atom. The third-order valence-corrected chi connectivity index (χ3v) is 6.45. The number of rotatable bonds is 4. The van der Waals surface area contributed by atoms with Crippen molar-refractivity contribution in [1.82, 2.24) is 10.2 Å². The average molecular weight is 318 g/mol. The molecule has 2 rings (SSSR count). The van der Waals surface area contributed by atoms with E-state index in [0.717, 1.165) is 6.42 Å². The largest absolute Gasteiger partial charge is 0.480 e. The molecule has 1 heterocycles. The monoisotopic (exact) mass is 318 g/mol. The summed E-state index contributed by atoms with van der Waals surface area (Å²) in [4.78, 5) is 13.9. The zero-order chi connectivity index (χ0) is 15.8. The molecule has 7 heteroatoms. The number of aliphatic carboxylic acids is 1. The maximum absolute atomic E-state index is 11.7. The van der Waals surface area contributed by atoms with Crippen molar-refractivity contribution in [2.45, 2.75) is 63.7 Å². The summed E-state index contributed by atoms with van der Waals surface area (Å²) >= 11 is 0. The zero-order valence-electron chi connectivity index (χ0n) is 13.0. The van der Waals surface area contributed by atoms with Crippen LogP contribution in [0.3, 0.4) is 0 Å². The summed E-state index contributed by atoms with van der Waals surface area (Å²) in [5.74, 6) is -0.428. The van der Waals surface area contributed by atoms with E-state index in [0.29, 0.717) is 19.4 Å². The van der Waals surface area contributed by atoms with Crippen molar-refractivity contribution in [2.75, 3.05) is 18.1 Å². The van der Waals surface area contributed by atoms with E-state index >= 15 is 0 Å².